The van der Waals surface area contributed by atoms with Crippen LogP contribution in [0, 0.1) is 11.7 Å². The van der Waals surface area contributed by atoms with E-state index >= 15 is 0 Å². The summed E-state index contributed by atoms with van der Waals surface area (Å²) in [5, 5.41) is 0.0264. The molecule has 0 aliphatic heterocycles. The number of methoxy groups -OCH3 is 1. The Morgan fingerprint density at radius 2 is 1.73 bits per heavy atom. The molecule has 1 fully saturated rings. The van der Waals surface area contributed by atoms with Crippen molar-refractivity contribution in [3.63, 3.8) is 0 Å². The number of amides is 1. The Morgan fingerprint density at radius 1 is 1.03 bits per heavy atom. The van der Waals surface area contributed by atoms with Crippen LogP contribution >= 0.6 is 11.6 Å². The summed E-state index contributed by atoms with van der Waals surface area (Å²) >= 11 is 6.19. The monoisotopic (exact) mass is 547 g/mol. The first-order valence-electron chi connectivity index (χ1n) is 11.8. The summed E-state index contributed by atoms with van der Waals surface area (Å²) in [6.45, 7) is 0.630. The van der Waals surface area contributed by atoms with E-state index in [1.54, 1.807) is 7.11 Å². The Bertz CT molecular complexity index is 1360. The van der Waals surface area contributed by atoms with Gasteiger partial charge >= 0.3 is 0 Å². The quantitative estimate of drug-likeness (QED) is 0.347. The second-order valence-corrected chi connectivity index (χ2v) is 10.8. The molecule has 0 heterocycles. The van der Waals surface area contributed by atoms with E-state index in [0.29, 0.717) is 24.0 Å². The second-order valence-electron chi connectivity index (χ2n) is 8.73. The first kappa shape index (κ1) is 26.8. The minimum Gasteiger partial charge on any atom is -0.496 e. The number of halogens is 2. The molecule has 1 N–H and O–H groups in total. The van der Waals surface area contributed by atoms with Gasteiger partial charge in [-0.2, -0.15) is 0 Å². The molecule has 3 aromatic carbocycles. The van der Waals surface area contributed by atoms with E-state index in [-0.39, 0.29) is 22.3 Å². The van der Waals surface area contributed by atoms with Gasteiger partial charge in [0.1, 0.15) is 29.7 Å². The van der Waals surface area contributed by atoms with E-state index in [2.05, 4.69) is 0 Å². The maximum atomic E-state index is 14.7. The topological polar surface area (TPSA) is 90.9 Å². The SMILES string of the molecule is COc1ccccc1COc1ccc(S(=O)(=O)NC(=O)c2cc(Cl)c(OCC3CCCC3)cc2F)cc1. The lowest BCUT2D eigenvalue weighted by molar-refractivity contribution is 0.0977. The first-order valence-corrected chi connectivity index (χ1v) is 13.7. The standard InChI is InChI=1S/C27H27ClFNO6S/c1-34-25-9-5-4-8-19(25)17-35-20-10-12-21(13-11-20)37(32,33)30-27(31)22-14-23(28)26(15-24(22)29)36-16-18-6-2-3-7-18/h4-5,8-15,18H,2-3,6-7,16-17H2,1H3,(H,30,31). The van der Waals surface area contributed by atoms with Gasteiger partial charge in [-0.15, -0.1) is 0 Å². The zero-order valence-electron chi connectivity index (χ0n) is 20.2. The van der Waals surface area contributed by atoms with Crippen LogP contribution in [0.25, 0.3) is 0 Å². The van der Waals surface area contributed by atoms with Gasteiger partial charge in [0.15, 0.2) is 0 Å². The van der Waals surface area contributed by atoms with Crippen molar-refractivity contribution in [3.05, 3.63) is 82.6 Å². The number of carbonyl (C=O) groups is 1. The number of carbonyl (C=O) groups excluding carboxylic acids is 1. The minimum atomic E-state index is -4.28. The second kappa shape index (κ2) is 11.8. The van der Waals surface area contributed by atoms with Crippen LogP contribution in [0.4, 0.5) is 4.39 Å². The summed E-state index contributed by atoms with van der Waals surface area (Å²) in [5.74, 6) is -0.469. The third kappa shape index (κ3) is 6.72. The molecule has 3 aromatic rings. The van der Waals surface area contributed by atoms with Crippen LogP contribution in [0.3, 0.4) is 0 Å². The summed E-state index contributed by atoms with van der Waals surface area (Å²) < 4.78 is 58.6. The number of ether oxygens (including phenoxy) is 3. The molecule has 0 aromatic heterocycles. The predicted molar refractivity (Wildman–Crippen MR) is 137 cm³/mol. The van der Waals surface area contributed by atoms with Gasteiger partial charge < -0.3 is 14.2 Å². The highest BCUT2D eigenvalue weighted by molar-refractivity contribution is 7.90. The molecule has 1 aliphatic rings. The van der Waals surface area contributed by atoms with Gasteiger partial charge in [0.25, 0.3) is 15.9 Å². The van der Waals surface area contributed by atoms with E-state index in [1.165, 1.54) is 24.3 Å². The molecular weight excluding hydrogens is 521 g/mol. The lowest BCUT2D eigenvalue weighted by Gasteiger charge is -2.14. The van der Waals surface area contributed by atoms with E-state index in [1.807, 2.05) is 29.0 Å². The zero-order chi connectivity index (χ0) is 26.4. The molecule has 37 heavy (non-hydrogen) atoms. The summed E-state index contributed by atoms with van der Waals surface area (Å²) in [7, 11) is -2.72. The fourth-order valence-corrected chi connectivity index (χ4v) is 5.32. The van der Waals surface area contributed by atoms with E-state index in [0.717, 1.165) is 43.4 Å². The Balaban J connectivity index is 1.39. The van der Waals surface area contributed by atoms with Crippen LogP contribution in [-0.4, -0.2) is 28.0 Å². The first-order chi connectivity index (χ1) is 17.8. The summed E-state index contributed by atoms with van der Waals surface area (Å²) in [5.41, 5.74) is 0.322. The maximum absolute atomic E-state index is 14.7. The van der Waals surface area contributed by atoms with E-state index < -0.39 is 27.3 Å². The molecule has 0 atom stereocenters. The molecule has 0 radical (unpaired) electrons. The smallest absolute Gasteiger partial charge is 0.268 e. The Hall–Kier alpha value is -3.30. The Kier molecular flexibility index (Phi) is 8.56. The zero-order valence-corrected chi connectivity index (χ0v) is 21.8. The van der Waals surface area contributed by atoms with Crippen molar-refractivity contribution in [1.29, 1.82) is 0 Å². The largest absolute Gasteiger partial charge is 0.496 e. The predicted octanol–water partition coefficient (Wildman–Crippen LogP) is 5.75. The van der Waals surface area contributed by atoms with E-state index in [9.17, 15) is 17.6 Å². The van der Waals surface area contributed by atoms with Crippen molar-refractivity contribution in [1.82, 2.24) is 4.72 Å². The van der Waals surface area contributed by atoms with Crippen LogP contribution in [0.5, 0.6) is 17.2 Å². The highest BCUT2D eigenvalue weighted by Gasteiger charge is 2.23. The highest BCUT2D eigenvalue weighted by atomic mass is 35.5. The molecule has 1 saturated carbocycles. The average Bonchev–Trinajstić information content (AvgIpc) is 3.41. The van der Waals surface area contributed by atoms with Crippen LogP contribution in [0.1, 0.15) is 41.6 Å². The van der Waals surface area contributed by atoms with Crippen LogP contribution in [0.15, 0.2) is 65.6 Å². The van der Waals surface area contributed by atoms with Crippen molar-refractivity contribution >= 4 is 27.5 Å². The average molecular weight is 548 g/mol. The number of nitrogens with one attached hydrogen (secondary N) is 1. The number of hydrogen-bond acceptors (Lipinski definition) is 6. The lowest BCUT2D eigenvalue weighted by atomic mass is 10.1. The van der Waals surface area contributed by atoms with Crippen LogP contribution < -0.4 is 18.9 Å². The number of hydrogen-bond donors (Lipinski definition) is 1. The molecule has 4 rings (SSSR count). The van der Waals surface area contributed by atoms with Gasteiger partial charge in [0.05, 0.1) is 29.2 Å². The van der Waals surface area contributed by atoms with Crippen molar-refractivity contribution in [2.24, 2.45) is 5.92 Å². The molecule has 0 unspecified atom stereocenters. The molecule has 0 spiro atoms. The number of para-hydroxylation sites is 1. The van der Waals surface area contributed by atoms with Gasteiger partial charge in [-0.25, -0.2) is 17.5 Å². The van der Waals surface area contributed by atoms with Crippen molar-refractivity contribution in [3.8, 4) is 17.2 Å². The lowest BCUT2D eigenvalue weighted by Crippen LogP contribution is -2.31. The molecule has 7 nitrogen and oxygen atoms in total. The van der Waals surface area contributed by atoms with Crippen molar-refractivity contribution < 1.29 is 31.8 Å². The molecule has 196 valence electrons. The fourth-order valence-electron chi connectivity index (χ4n) is 4.13. The van der Waals surface area contributed by atoms with Gasteiger partial charge in [0.2, 0.25) is 0 Å². The van der Waals surface area contributed by atoms with Gasteiger partial charge in [-0.1, -0.05) is 42.6 Å². The fraction of sp³-hybridized carbons (Fsp3) is 0.296. The molecule has 1 amide bonds. The summed E-state index contributed by atoms with van der Waals surface area (Å²) in [4.78, 5) is 12.4. The molecule has 0 saturated heterocycles. The van der Waals surface area contributed by atoms with Gasteiger partial charge in [-0.3, -0.25) is 4.79 Å². The summed E-state index contributed by atoms with van der Waals surface area (Å²) in [6, 6.07) is 14.9. The molecule has 1 aliphatic carbocycles. The normalized spacial score (nSPS) is 13.8. The van der Waals surface area contributed by atoms with E-state index in [4.69, 9.17) is 25.8 Å². The molecular formula is C27H27ClFNO6S. The third-order valence-electron chi connectivity index (χ3n) is 6.16. The van der Waals surface area contributed by atoms with Gasteiger partial charge in [0, 0.05) is 11.6 Å². The number of rotatable bonds is 10. The number of sulfonamides is 1. The van der Waals surface area contributed by atoms with Crippen LogP contribution in [0.2, 0.25) is 5.02 Å². The third-order valence-corrected chi connectivity index (χ3v) is 7.81. The minimum absolute atomic E-state index is 0.0264. The van der Waals surface area contributed by atoms with Crippen LogP contribution in [-0.2, 0) is 16.6 Å². The molecule has 0 bridgehead atoms. The highest BCUT2D eigenvalue weighted by Crippen LogP contribution is 2.31. The van der Waals surface area contributed by atoms with Gasteiger partial charge in [-0.05, 0) is 55.2 Å². The number of benzene rings is 3. The van der Waals surface area contributed by atoms with Crippen molar-refractivity contribution in [2.45, 2.75) is 37.2 Å². The Labute approximate surface area is 220 Å². The summed E-state index contributed by atoms with van der Waals surface area (Å²) in [6.07, 6.45) is 4.38. The molecule has 10 heteroatoms. The van der Waals surface area contributed by atoms with Crippen molar-refractivity contribution in [2.75, 3.05) is 13.7 Å². The maximum Gasteiger partial charge on any atom is 0.268 e. The Morgan fingerprint density at radius 3 is 2.43 bits per heavy atom.